The Hall–Kier alpha value is -1.28. The third kappa shape index (κ3) is 5.60. The Balaban J connectivity index is 2.73. The third-order valence-electron chi connectivity index (χ3n) is 5.17. The molecule has 1 heterocycles. The van der Waals surface area contributed by atoms with E-state index in [9.17, 15) is 14.4 Å². The van der Waals surface area contributed by atoms with E-state index in [-0.39, 0.29) is 42.1 Å². The first-order chi connectivity index (χ1) is 12.3. The molecule has 1 aliphatic rings. The molecule has 7 nitrogen and oxygen atoms in total. The van der Waals surface area contributed by atoms with Gasteiger partial charge >= 0.3 is 0 Å². The van der Waals surface area contributed by atoms with Crippen molar-refractivity contribution in [2.45, 2.75) is 46.3 Å². The Bertz CT molecular complexity index is 566. The highest BCUT2D eigenvalue weighted by molar-refractivity contribution is 8.00. The molecule has 0 saturated carbocycles. The zero-order valence-electron chi connectivity index (χ0n) is 17.7. The lowest BCUT2D eigenvalue weighted by Crippen LogP contribution is -2.69. The Morgan fingerprint density at radius 2 is 1.78 bits per heavy atom. The number of methoxy groups -OCH3 is 1. The van der Waals surface area contributed by atoms with E-state index in [1.807, 2.05) is 40.9 Å². The molecule has 0 radical (unpaired) electrons. The maximum atomic E-state index is 12.7. The summed E-state index contributed by atoms with van der Waals surface area (Å²) in [6, 6.07) is 0. The lowest BCUT2D eigenvalue weighted by molar-refractivity contribution is -0.159. The number of primary amides is 1. The molecule has 0 aliphatic carbocycles. The van der Waals surface area contributed by atoms with Crippen LogP contribution in [0.4, 0.5) is 0 Å². The lowest BCUT2D eigenvalue weighted by atomic mass is 9.76. The van der Waals surface area contributed by atoms with Gasteiger partial charge in [-0.2, -0.15) is 11.8 Å². The molecule has 1 unspecified atom stereocenters. The number of hydrogen-bond acceptors (Lipinski definition) is 5. The van der Waals surface area contributed by atoms with Gasteiger partial charge in [0.05, 0.1) is 5.25 Å². The average molecular weight is 402 g/mol. The molecule has 1 saturated heterocycles. The number of thioether (sulfide) groups is 1. The first kappa shape index (κ1) is 23.8. The fourth-order valence-corrected chi connectivity index (χ4v) is 4.28. The second kappa shape index (κ2) is 8.82. The largest absolute Gasteiger partial charge is 0.385 e. The van der Waals surface area contributed by atoms with E-state index in [0.29, 0.717) is 13.0 Å². The summed E-state index contributed by atoms with van der Waals surface area (Å²) in [6.07, 6.45) is 2.49. The lowest BCUT2D eigenvalue weighted by Gasteiger charge is -2.50. The van der Waals surface area contributed by atoms with Crippen LogP contribution in [0.2, 0.25) is 0 Å². The van der Waals surface area contributed by atoms with Crippen LogP contribution in [-0.2, 0) is 19.1 Å². The zero-order chi connectivity index (χ0) is 21.0. The topological polar surface area (TPSA) is 102 Å². The fraction of sp³-hybridized carbons (Fsp3) is 0.842. The summed E-state index contributed by atoms with van der Waals surface area (Å²) < 4.78 is 5.07. The van der Waals surface area contributed by atoms with Crippen molar-refractivity contribution in [2.24, 2.45) is 22.0 Å². The predicted molar refractivity (Wildman–Crippen MR) is 108 cm³/mol. The van der Waals surface area contributed by atoms with E-state index in [1.54, 1.807) is 12.0 Å². The minimum Gasteiger partial charge on any atom is -0.385 e. The summed E-state index contributed by atoms with van der Waals surface area (Å²) in [4.78, 5) is 39.0. The first-order valence-corrected chi connectivity index (χ1v) is 10.5. The van der Waals surface area contributed by atoms with Crippen LogP contribution in [0.3, 0.4) is 0 Å². The summed E-state index contributed by atoms with van der Waals surface area (Å²) in [5.41, 5.74) is 3.94. The second-order valence-corrected chi connectivity index (χ2v) is 10.1. The van der Waals surface area contributed by atoms with Crippen LogP contribution in [0, 0.1) is 16.2 Å². The van der Waals surface area contributed by atoms with E-state index in [2.05, 4.69) is 5.32 Å². The Morgan fingerprint density at radius 3 is 2.19 bits per heavy atom. The van der Waals surface area contributed by atoms with Crippen LogP contribution < -0.4 is 11.1 Å². The van der Waals surface area contributed by atoms with Crippen molar-refractivity contribution in [1.29, 1.82) is 0 Å². The van der Waals surface area contributed by atoms with Gasteiger partial charge in [-0.1, -0.05) is 34.6 Å². The summed E-state index contributed by atoms with van der Waals surface area (Å²) in [5, 5.41) is 2.65. The van der Waals surface area contributed by atoms with Crippen LogP contribution >= 0.6 is 11.8 Å². The number of ether oxygens (including phenoxy) is 1. The molecule has 156 valence electrons. The van der Waals surface area contributed by atoms with Gasteiger partial charge in [0.2, 0.25) is 17.7 Å². The molecular weight excluding hydrogens is 366 g/mol. The maximum Gasteiger partial charge on any atom is 0.233 e. The van der Waals surface area contributed by atoms with Gasteiger partial charge in [-0.3, -0.25) is 14.4 Å². The van der Waals surface area contributed by atoms with Gasteiger partial charge in [0.1, 0.15) is 5.41 Å². The number of hydrogen-bond donors (Lipinski definition) is 2. The van der Waals surface area contributed by atoms with Crippen molar-refractivity contribution in [3.05, 3.63) is 0 Å². The molecule has 0 spiro atoms. The van der Waals surface area contributed by atoms with Gasteiger partial charge in [0.25, 0.3) is 0 Å². The standard InChI is InChI=1S/C19H35N3O4S/c1-17(2,3)13(27-7)14(23)21-10-19(15(20)24)11-22(12-19)16(25)18(4,5)8-9-26-6/h13H,8-12H2,1-7H3,(H2,20,24)(H,21,23). The van der Waals surface area contributed by atoms with Gasteiger partial charge in [-0.15, -0.1) is 0 Å². The van der Waals surface area contributed by atoms with Crippen molar-refractivity contribution in [2.75, 3.05) is 39.6 Å². The molecule has 1 fully saturated rings. The molecule has 0 aromatic rings. The Morgan fingerprint density at radius 1 is 1.22 bits per heavy atom. The van der Waals surface area contributed by atoms with Gasteiger partial charge in [0, 0.05) is 38.8 Å². The molecule has 3 N–H and O–H groups in total. The summed E-state index contributed by atoms with van der Waals surface area (Å²) >= 11 is 1.48. The van der Waals surface area contributed by atoms with Crippen molar-refractivity contribution >= 4 is 29.5 Å². The molecule has 0 aromatic carbocycles. The molecule has 27 heavy (non-hydrogen) atoms. The monoisotopic (exact) mass is 401 g/mol. The SMILES string of the molecule is COCCC(C)(C)C(=O)N1CC(CNC(=O)C(SC)C(C)(C)C)(C(N)=O)C1. The first-order valence-electron chi connectivity index (χ1n) is 9.19. The summed E-state index contributed by atoms with van der Waals surface area (Å²) in [7, 11) is 1.60. The number of nitrogens with zero attached hydrogens (tertiary/aromatic N) is 1. The van der Waals surface area contributed by atoms with Crippen molar-refractivity contribution in [3.63, 3.8) is 0 Å². The quantitative estimate of drug-likeness (QED) is 0.606. The fourth-order valence-electron chi connectivity index (χ4n) is 3.28. The average Bonchev–Trinajstić information content (AvgIpc) is 2.50. The highest BCUT2D eigenvalue weighted by Gasteiger charge is 2.52. The highest BCUT2D eigenvalue weighted by atomic mass is 32.2. The molecule has 8 heteroatoms. The zero-order valence-corrected chi connectivity index (χ0v) is 18.5. The van der Waals surface area contributed by atoms with Crippen molar-refractivity contribution in [3.8, 4) is 0 Å². The smallest absolute Gasteiger partial charge is 0.233 e. The van der Waals surface area contributed by atoms with E-state index < -0.39 is 16.7 Å². The van der Waals surface area contributed by atoms with Crippen molar-refractivity contribution in [1.82, 2.24) is 10.2 Å². The van der Waals surface area contributed by atoms with E-state index in [0.717, 1.165) is 0 Å². The Labute approximate surface area is 167 Å². The number of carbonyl (C=O) groups is 3. The van der Waals surface area contributed by atoms with E-state index in [1.165, 1.54) is 11.8 Å². The van der Waals surface area contributed by atoms with Crippen LogP contribution in [0.5, 0.6) is 0 Å². The summed E-state index contributed by atoms with van der Waals surface area (Å²) in [5.74, 6) is -0.627. The van der Waals surface area contributed by atoms with Crippen LogP contribution in [-0.4, -0.2) is 67.5 Å². The van der Waals surface area contributed by atoms with E-state index >= 15 is 0 Å². The molecule has 1 aliphatic heterocycles. The molecule has 3 amide bonds. The van der Waals surface area contributed by atoms with Crippen LogP contribution in [0.25, 0.3) is 0 Å². The number of nitrogens with two attached hydrogens (primary N) is 1. The van der Waals surface area contributed by atoms with Crippen molar-refractivity contribution < 1.29 is 19.1 Å². The van der Waals surface area contributed by atoms with Gasteiger partial charge < -0.3 is 20.7 Å². The minimum atomic E-state index is -0.899. The summed E-state index contributed by atoms with van der Waals surface area (Å²) in [6.45, 7) is 10.9. The minimum absolute atomic E-state index is 0.0283. The second-order valence-electron chi connectivity index (χ2n) is 9.13. The highest BCUT2D eigenvalue weighted by Crippen LogP contribution is 2.35. The predicted octanol–water partition coefficient (Wildman–Crippen LogP) is 1.26. The van der Waals surface area contributed by atoms with Gasteiger partial charge in [-0.05, 0) is 18.1 Å². The number of carbonyl (C=O) groups excluding carboxylic acids is 3. The molecular formula is C19H35N3O4S. The van der Waals surface area contributed by atoms with Crippen LogP contribution in [0.1, 0.15) is 41.0 Å². The van der Waals surface area contributed by atoms with E-state index in [4.69, 9.17) is 10.5 Å². The van der Waals surface area contributed by atoms with Gasteiger partial charge in [0.15, 0.2) is 0 Å². The molecule has 0 aromatic heterocycles. The molecule has 0 bridgehead atoms. The Kier molecular flexibility index (Phi) is 7.76. The van der Waals surface area contributed by atoms with Crippen LogP contribution in [0.15, 0.2) is 0 Å². The molecule has 1 atom stereocenters. The number of likely N-dealkylation sites (tertiary alicyclic amines) is 1. The van der Waals surface area contributed by atoms with Gasteiger partial charge in [-0.25, -0.2) is 0 Å². The maximum absolute atomic E-state index is 12.7. The normalized spacial score (nSPS) is 17.8. The number of nitrogens with one attached hydrogen (secondary N) is 1. The number of amides is 3. The third-order valence-corrected chi connectivity index (χ3v) is 6.56. The molecule has 1 rings (SSSR count). The number of rotatable bonds is 9.